The van der Waals surface area contributed by atoms with E-state index in [0.717, 1.165) is 5.56 Å². The van der Waals surface area contributed by atoms with Gasteiger partial charge >= 0.3 is 0 Å². The van der Waals surface area contributed by atoms with Crippen LogP contribution in [0.25, 0.3) is 0 Å². The van der Waals surface area contributed by atoms with Crippen molar-refractivity contribution in [3.8, 4) is 0 Å². The van der Waals surface area contributed by atoms with Gasteiger partial charge in [0.05, 0.1) is 6.61 Å². The zero-order valence-electron chi connectivity index (χ0n) is 9.44. The number of hydroxylamine groups is 1. The minimum atomic E-state index is -0.714. The van der Waals surface area contributed by atoms with Crippen molar-refractivity contribution >= 4 is 17.5 Å². The third-order valence-electron chi connectivity index (χ3n) is 1.91. The molecule has 0 fully saturated rings. The predicted octanol–water partition coefficient (Wildman–Crippen LogP) is 2.67. The molecule has 1 amide bonds. The van der Waals surface area contributed by atoms with Gasteiger partial charge < -0.3 is 0 Å². The molecule has 0 heterocycles. The highest BCUT2D eigenvalue weighted by Gasteiger charge is 2.17. The summed E-state index contributed by atoms with van der Waals surface area (Å²) in [5.74, 6) is 0.0271. The maximum Gasteiger partial charge on any atom is 0.266 e. The topological polar surface area (TPSA) is 38.3 Å². The number of halogens is 1. The van der Waals surface area contributed by atoms with Crippen LogP contribution in [-0.4, -0.2) is 12.5 Å². The molecule has 0 bridgehead atoms. The van der Waals surface area contributed by atoms with Gasteiger partial charge in [-0.3, -0.25) is 9.63 Å². The van der Waals surface area contributed by atoms with E-state index in [2.05, 4.69) is 5.48 Å². The van der Waals surface area contributed by atoms with Crippen LogP contribution in [0.5, 0.6) is 0 Å². The summed E-state index contributed by atoms with van der Waals surface area (Å²) in [7, 11) is 0. The van der Waals surface area contributed by atoms with Crippen molar-refractivity contribution in [2.24, 2.45) is 5.92 Å². The van der Waals surface area contributed by atoms with Crippen LogP contribution in [0.2, 0.25) is 0 Å². The first kappa shape index (κ1) is 13.0. The summed E-state index contributed by atoms with van der Waals surface area (Å²) < 4.78 is 0. The lowest BCUT2D eigenvalue weighted by Gasteiger charge is -2.11. The van der Waals surface area contributed by atoms with Crippen LogP contribution in [0.4, 0.5) is 0 Å². The van der Waals surface area contributed by atoms with Crippen molar-refractivity contribution in [3.63, 3.8) is 0 Å². The van der Waals surface area contributed by atoms with Crippen LogP contribution < -0.4 is 5.48 Å². The standard InChI is InChI=1S/C12H16ClNO2/c1-9(2)8-16-14-12(15)11(13)10-6-4-3-5-7-10/h3-7,9,11H,8H2,1-2H3,(H,14,15). The van der Waals surface area contributed by atoms with Gasteiger partial charge in [-0.25, -0.2) is 5.48 Å². The van der Waals surface area contributed by atoms with Gasteiger partial charge in [0.2, 0.25) is 0 Å². The minimum Gasteiger partial charge on any atom is -0.273 e. The first-order valence-electron chi connectivity index (χ1n) is 5.22. The van der Waals surface area contributed by atoms with Gasteiger partial charge in [0.1, 0.15) is 5.38 Å². The Kier molecular flexibility index (Phi) is 5.29. The second kappa shape index (κ2) is 6.51. The SMILES string of the molecule is CC(C)CONC(=O)C(Cl)c1ccccc1. The van der Waals surface area contributed by atoms with E-state index < -0.39 is 5.38 Å². The van der Waals surface area contributed by atoms with Crippen LogP contribution in [0.15, 0.2) is 30.3 Å². The summed E-state index contributed by atoms with van der Waals surface area (Å²) in [4.78, 5) is 16.6. The van der Waals surface area contributed by atoms with Gasteiger partial charge in [0.15, 0.2) is 0 Å². The average molecular weight is 242 g/mol. The Morgan fingerprint density at radius 3 is 2.56 bits per heavy atom. The number of nitrogens with one attached hydrogen (secondary N) is 1. The smallest absolute Gasteiger partial charge is 0.266 e. The van der Waals surface area contributed by atoms with Crippen molar-refractivity contribution in [3.05, 3.63) is 35.9 Å². The van der Waals surface area contributed by atoms with E-state index in [9.17, 15) is 4.79 Å². The van der Waals surface area contributed by atoms with Crippen molar-refractivity contribution < 1.29 is 9.63 Å². The number of hydrogen-bond donors (Lipinski definition) is 1. The number of amides is 1. The molecule has 0 radical (unpaired) electrons. The third-order valence-corrected chi connectivity index (χ3v) is 2.36. The summed E-state index contributed by atoms with van der Waals surface area (Å²) in [6.45, 7) is 4.48. The molecule has 0 aliphatic rings. The summed E-state index contributed by atoms with van der Waals surface area (Å²) in [5, 5.41) is -0.714. The fourth-order valence-corrected chi connectivity index (χ4v) is 1.29. The molecule has 1 aromatic carbocycles. The Morgan fingerprint density at radius 2 is 2.00 bits per heavy atom. The monoisotopic (exact) mass is 241 g/mol. The maximum absolute atomic E-state index is 11.6. The molecule has 0 aromatic heterocycles. The molecule has 88 valence electrons. The molecule has 4 heteroatoms. The third kappa shape index (κ3) is 4.21. The maximum atomic E-state index is 11.6. The quantitative estimate of drug-likeness (QED) is 0.636. The Hall–Kier alpha value is -1.06. The lowest BCUT2D eigenvalue weighted by atomic mass is 10.1. The fraction of sp³-hybridized carbons (Fsp3) is 0.417. The molecular weight excluding hydrogens is 226 g/mol. The number of carbonyl (C=O) groups is 1. The molecule has 1 rings (SSSR count). The summed E-state index contributed by atoms with van der Waals surface area (Å²) in [6, 6.07) is 9.17. The van der Waals surface area contributed by atoms with Crippen molar-refractivity contribution in [1.82, 2.24) is 5.48 Å². The Balaban J connectivity index is 2.43. The lowest BCUT2D eigenvalue weighted by molar-refractivity contribution is -0.134. The highest BCUT2D eigenvalue weighted by Crippen LogP contribution is 2.19. The average Bonchev–Trinajstić information content (AvgIpc) is 2.28. The lowest BCUT2D eigenvalue weighted by Crippen LogP contribution is -2.28. The number of benzene rings is 1. The molecule has 1 N–H and O–H groups in total. The molecule has 0 spiro atoms. The highest BCUT2D eigenvalue weighted by molar-refractivity contribution is 6.30. The minimum absolute atomic E-state index is 0.339. The Morgan fingerprint density at radius 1 is 1.38 bits per heavy atom. The number of alkyl halides is 1. The zero-order chi connectivity index (χ0) is 12.0. The Labute approximate surface area is 101 Å². The Bertz CT molecular complexity index is 327. The molecule has 0 aliphatic heterocycles. The van der Waals surface area contributed by atoms with Gasteiger partial charge in [-0.15, -0.1) is 11.6 Å². The van der Waals surface area contributed by atoms with E-state index in [1.807, 2.05) is 32.0 Å². The number of carbonyl (C=O) groups excluding carboxylic acids is 1. The number of rotatable bonds is 5. The number of hydrogen-bond acceptors (Lipinski definition) is 2. The van der Waals surface area contributed by atoms with Crippen LogP contribution in [-0.2, 0) is 9.63 Å². The molecule has 1 aromatic rings. The van der Waals surface area contributed by atoms with Crippen LogP contribution >= 0.6 is 11.6 Å². The van der Waals surface area contributed by atoms with E-state index >= 15 is 0 Å². The predicted molar refractivity (Wildman–Crippen MR) is 64.0 cm³/mol. The highest BCUT2D eigenvalue weighted by atomic mass is 35.5. The van der Waals surface area contributed by atoms with Crippen molar-refractivity contribution in [2.45, 2.75) is 19.2 Å². The van der Waals surface area contributed by atoms with Crippen molar-refractivity contribution in [1.29, 1.82) is 0 Å². The summed E-state index contributed by atoms with van der Waals surface area (Å²) in [5.41, 5.74) is 3.10. The van der Waals surface area contributed by atoms with Crippen LogP contribution in [0.1, 0.15) is 24.8 Å². The van der Waals surface area contributed by atoms with E-state index in [4.69, 9.17) is 16.4 Å². The second-order valence-corrected chi connectivity index (χ2v) is 4.38. The molecule has 1 unspecified atom stereocenters. The summed E-state index contributed by atoms with van der Waals surface area (Å²) in [6.07, 6.45) is 0. The fourth-order valence-electron chi connectivity index (χ4n) is 1.10. The van der Waals surface area contributed by atoms with E-state index in [1.165, 1.54) is 0 Å². The summed E-state index contributed by atoms with van der Waals surface area (Å²) >= 11 is 5.98. The first-order valence-corrected chi connectivity index (χ1v) is 5.65. The van der Waals surface area contributed by atoms with E-state index in [-0.39, 0.29) is 5.91 Å². The molecule has 0 aliphatic carbocycles. The molecule has 0 saturated carbocycles. The van der Waals surface area contributed by atoms with Crippen LogP contribution in [0, 0.1) is 5.92 Å². The van der Waals surface area contributed by atoms with Gasteiger partial charge in [0.25, 0.3) is 5.91 Å². The normalized spacial score (nSPS) is 12.5. The molecule has 0 saturated heterocycles. The van der Waals surface area contributed by atoms with E-state index in [1.54, 1.807) is 12.1 Å². The van der Waals surface area contributed by atoms with Gasteiger partial charge in [-0.05, 0) is 11.5 Å². The zero-order valence-corrected chi connectivity index (χ0v) is 10.2. The van der Waals surface area contributed by atoms with Crippen LogP contribution in [0.3, 0.4) is 0 Å². The molecule has 16 heavy (non-hydrogen) atoms. The van der Waals surface area contributed by atoms with Crippen molar-refractivity contribution in [2.75, 3.05) is 6.61 Å². The largest absolute Gasteiger partial charge is 0.273 e. The van der Waals surface area contributed by atoms with Gasteiger partial charge in [-0.2, -0.15) is 0 Å². The van der Waals surface area contributed by atoms with Gasteiger partial charge in [-0.1, -0.05) is 44.2 Å². The van der Waals surface area contributed by atoms with E-state index in [0.29, 0.717) is 12.5 Å². The second-order valence-electron chi connectivity index (χ2n) is 3.94. The molecule has 1 atom stereocenters. The van der Waals surface area contributed by atoms with Gasteiger partial charge in [0, 0.05) is 0 Å². The molecule has 3 nitrogen and oxygen atoms in total. The first-order chi connectivity index (χ1) is 7.61. The molecular formula is C12H16ClNO2.